The van der Waals surface area contributed by atoms with Gasteiger partial charge in [0, 0.05) is 6.42 Å². The zero-order valence-electron chi connectivity index (χ0n) is 11.1. The van der Waals surface area contributed by atoms with Gasteiger partial charge in [0.15, 0.2) is 0 Å². The number of Topliss-reactive ketones (excluding diaryl/α,β-unsaturated/α-hetero) is 1. The van der Waals surface area contributed by atoms with Gasteiger partial charge in [-0.15, -0.1) is 0 Å². The number of hydrogen-bond acceptors (Lipinski definition) is 4. The lowest BCUT2D eigenvalue weighted by molar-refractivity contribution is -0.144. The van der Waals surface area contributed by atoms with Crippen molar-refractivity contribution in [1.29, 1.82) is 0 Å². The first-order valence-corrected chi connectivity index (χ1v) is 6.63. The van der Waals surface area contributed by atoms with E-state index in [1.54, 1.807) is 0 Å². The van der Waals surface area contributed by atoms with Crippen LogP contribution in [0.1, 0.15) is 31.2 Å². The highest BCUT2D eigenvalue weighted by atomic mass is 16.5. The molecule has 4 nitrogen and oxygen atoms in total. The van der Waals surface area contributed by atoms with Crippen LogP contribution in [0.5, 0.6) is 0 Å². The first-order chi connectivity index (χ1) is 9.22. The smallest absolute Gasteiger partial charge is 0.306 e. The number of hydrogen-bond donors (Lipinski definition) is 1. The number of ketones is 1. The summed E-state index contributed by atoms with van der Waals surface area (Å²) in [6, 6.07) is 10.2. The molecule has 104 valence electrons. The minimum absolute atomic E-state index is 0.00957. The Labute approximate surface area is 113 Å². The van der Waals surface area contributed by atoms with E-state index in [0.29, 0.717) is 6.61 Å². The third-order valence-electron chi connectivity index (χ3n) is 2.80. The van der Waals surface area contributed by atoms with Crippen molar-refractivity contribution in [3.05, 3.63) is 35.9 Å². The van der Waals surface area contributed by atoms with E-state index >= 15 is 0 Å². The highest BCUT2D eigenvalue weighted by molar-refractivity contribution is 5.84. The number of aryl methyl sites for hydroxylation is 1. The quantitative estimate of drug-likeness (QED) is 0.545. The summed E-state index contributed by atoms with van der Waals surface area (Å²) in [5.74, 6) is -0.428. The number of carbonyl (C=O) groups is 2. The molecule has 0 radical (unpaired) electrons. The second-order valence-electron chi connectivity index (χ2n) is 4.41. The standard InChI is InChI=1S/C15H21NO3/c16-12-14(17)9-10-15(18)19-11-5-4-8-13-6-2-1-3-7-13/h1-3,6-7H,4-5,8-12,16H2. The fourth-order valence-electron chi connectivity index (χ4n) is 1.68. The summed E-state index contributed by atoms with van der Waals surface area (Å²) < 4.78 is 5.04. The highest BCUT2D eigenvalue weighted by Crippen LogP contribution is 2.05. The van der Waals surface area contributed by atoms with E-state index in [1.807, 2.05) is 18.2 Å². The number of unbranched alkanes of at least 4 members (excludes halogenated alkanes) is 1. The topological polar surface area (TPSA) is 69.4 Å². The number of carbonyl (C=O) groups excluding carboxylic acids is 2. The van der Waals surface area contributed by atoms with Gasteiger partial charge in [0.25, 0.3) is 0 Å². The van der Waals surface area contributed by atoms with Gasteiger partial charge in [-0.05, 0) is 24.8 Å². The number of rotatable bonds is 9. The minimum atomic E-state index is -0.318. The van der Waals surface area contributed by atoms with Crippen molar-refractivity contribution in [1.82, 2.24) is 0 Å². The van der Waals surface area contributed by atoms with Gasteiger partial charge in [0.2, 0.25) is 0 Å². The molecule has 0 aliphatic heterocycles. The van der Waals surface area contributed by atoms with E-state index in [0.717, 1.165) is 19.3 Å². The molecule has 1 aromatic carbocycles. The second kappa shape index (κ2) is 9.28. The van der Waals surface area contributed by atoms with Crippen LogP contribution < -0.4 is 5.73 Å². The van der Waals surface area contributed by atoms with Gasteiger partial charge in [-0.1, -0.05) is 30.3 Å². The van der Waals surface area contributed by atoms with E-state index in [1.165, 1.54) is 5.56 Å². The van der Waals surface area contributed by atoms with E-state index in [-0.39, 0.29) is 31.1 Å². The Morgan fingerprint density at radius 2 is 1.79 bits per heavy atom. The molecule has 0 fully saturated rings. The molecule has 0 unspecified atom stereocenters. The minimum Gasteiger partial charge on any atom is -0.466 e. The van der Waals surface area contributed by atoms with Crippen LogP contribution in [0.2, 0.25) is 0 Å². The van der Waals surface area contributed by atoms with Crippen molar-refractivity contribution in [2.45, 2.75) is 32.1 Å². The van der Waals surface area contributed by atoms with Gasteiger partial charge in [0.1, 0.15) is 5.78 Å². The molecular weight excluding hydrogens is 242 g/mol. The normalized spacial score (nSPS) is 10.2. The fourth-order valence-corrected chi connectivity index (χ4v) is 1.68. The first-order valence-electron chi connectivity index (χ1n) is 6.63. The van der Waals surface area contributed by atoms with Gasteiger partial charge < -0.3 is 10.5 Å². The van der Waals surface area contributed by atoms with Crippen molar-refractivity contribution < 1.29 is 14.3 Å². The molecule has 0 aliphatic carbocycles. The Bertz CT molecular complexity index is 390. The van der Waals surface area contributed by atoms with E-state index in [2.05, 4.69) is 12.1 Å². The number of nitrogens with two attached hydrogens (primary N) is 1. The molecule has 0 amide bonds. The first kappa shape index (κ1) is 15.4. The molecule has 0 aliphatic rings. The summed E-state index contributed by atoms with van der Waals surface area (Å²) in [7, 11) is 0. The largest absolute Gasteiger partial charge is 0.466 e. The predicted molar refractivity (Wildman–Crippen MR) is 73.6 cm³/mol. The lowest BCUT2D eigenvalue weighted by Crippen LogP contribution is -2.15. The molecule has 0 saturated heterocycles. The summed E-state index contributed by atoms with van der Waals surface area (Å²) in [6.45, 7) is 0.410. The van der Waals surface area contributed by atoms with E-state index < -0.39 is 0 Å². The number of benzene rings is 1. The average Bonchev–Trinajstić information content (AvgIpc) is 2.45. The Morgan fingerprint density at radius 1 is 1.05 bits per heavy atom. The molecule has 4 heteroatoms. The van der Waals surface area contributed by atoms with Crippen LogP contribution in [0.15, 0.2) is 30.3 Å². The van der Waals surface area contributed by atoms with Crippen molar-refractivity contribution in [3.8, 4) is 0 Å². The van der Waals surface area contributed by atoms with Crippen molar-refractivity contribution >= 4 is 11.8 Å². The average molecular weight is 263 g/mol. The molecule has 0 bridgehead atoms. The fraction of sp³-hybridized carbons (Fsp3) is 0.467. The monoisotopic (exact) mass is 263 g/mol. The van der Waals surface area contributed by atoms with Crippen LogP contribution in [0.4, 0.5) is 0 Å². The molecule has 0 atom stereocenters. The molecule has 19 heavy (non-hydrogen) atoms. The summed E-state index contributed by atoms with van der Waals surface area (Å²) in [6.07, 6.45) is 3.13. The summed E-state index contributed by atoms with van der Waals surface area (Å²) in [4.78, 5) is 22.2. The molecule has 0 saturated carbocycles. The van der Waals surface area contributed by atoms with Gasteiger partial charge in [-0.3, -0.25) is 9.59 Å². The van der Waals surface area contributed by atoms with Crippen molar-refractivity contribution in [2.24, 2.45) is 5.73 Å². The lowest BCUT2D eigenvalue weighted by Gasteiger charge is -2.04. The molecular formula is C15H21NO3. The lowest BCUT2D eigenvalue weighted by atomic mass is 10.1. The van der Waals surface area contributed by atoms with Crippen LogP contribution in [-0.4, -0.2) is 24.9 Å². The molecule has 0 aromatic heterocycles. The number of ether oxygens (including phenoxy) is 1. The number of esters is 1. The van der Waals surface area contributed by atoms with Crippen LogP contribution in [0, 0.1) is 0 Å². The zero-order chi connectivity index (χ0) is 13.9. The Morgan fingerprint density at radius 3 is 2.47 bits per heavy atom. The summed E-state index contributed by atoms with van der Waals surface area (Å²) >= 11 is 0. The zero-order valence-corrected chi connectivity index (χ0v) is 11.1. The van der Waals surface area contributed by atoms with Gasteiger partial charge in [-0.2, -0.15) is 0 Å². The second-order valence-corrected chi connectivity index (χ2v) is 4.41. The van der Waals surface area contributed by atoms with E-state index in [4.69, 9.17) is 10.5 Å². The molecule has 0 spiro atoms. The molecule has 1 rings (SSSR count). The van der Waals surface area contributed by atoms with Crippen molar-refractivity contribution in [2.75, 3.05) is 13.2 Å². The maximum Gasteiger partial charge on any atom is 0.306 e. The SMILES string of the molecule is NCC(=O)CCC(=O)OCCCCc1ccccc1. The van der Waals surface area contributed by atoms with E-state index in [9.17, 15) is 9.59 Å². The van der Waals surface area contributed by atoms with Crippen LogP contribution in [0.25, 0.3) is 0 Å². The van der Waals surface area contributed by atoms with Gasteiger partial charge in [-0.25, -0.2) is 0 Å². The predicted octanol–water partition coefficient (Wildman–Crippen LogP) is 1.86. The molecule has 0 heterocycles. The van der Waals surface area contributed by atoms with Crippen molar-refractivity contribution in [3.63, 3.8) is 0 Å². The van der Waals surface area contributed by atoms with Crippen LogP contribution in [-0.2, 0) is 20.7 Å². The third kappa shape index (κ3) is 7.36. The Hall–Kier alpha value is -1.68. The molecule has 1 aromatic rings. The Balaban J connectivity index is 2.01. The van der Waals surface area contributed by atoms with Crippen LogP contribution >= 0.6 is 0 Å². The highest BCUT2D eigenvalue weighted by Gasteiger charge is 2.06. The Kier molecular flexibility index (Phi) is 7.51. The van der Waals surface area contributed by atoms with Gasteiger partial charge >= 0.3 is 5.97 Å². The van der Waals surface area contributed by atoms with Crippen LogP contribution in [0.3, 0.4) is 0 Å². The maximum absolute atomic E-state index is 11.3. The summed E-state index contributed by atoms with van der Waals surface area (Å²) in [5, 5.41) is 0. The van der Waals surface area contributed by atoms with Gasteiger partial charge in [0.05, 0.1) is 19.6 Å². The maximum atomic E-state index is 11.3. The summed E-state index contributed by atoms with van der Waals surface area (Å²) in [5.41, 5.74) is 6.45. The third-order valence-corrected chi connectivity index (χ3v) is 2.80. The molecule has 2 N–H and O–H groups in total.